The minimum atomic E-state index is -3.45. The van der Waals surface area contributed by atoms with Crippen molar-refractivity contribution in [3.05, 3.63) is 29.8 Å². The van der Waals surface area contributed by atoms with Crippen LogP contribution in [0.2, 0.25) is 0 Å². The van der Waals surface area contributed by atoms with E-state index in [9.17, 15) is 13.2 Å². The first-order chi connectivity index (χ1) is 9.90. The van der Waals surface area contributed by atoms with Crippen molar-refractivity contribution >= 4 is 15.8 Å². The molecule has 0 amide bonds. The standard InChI is InChI=1S/C15H23NO4S/c1-3-5-9-16(4-2)10-11-21(19,20)14-8-6-7-13(12-14)15(17)18/h6-8,12H,3-5,9-11H2,1-2H3,(H,17,18). The number of carboxylic acid groups (broad SMARTS) is 1. The molecule has 118 valence electrons. The van der Waals surface area contributed by atoms with E-state index in [1.165, 1.54) is 24.3 Å². The molecule has 0 atom stereocenters. The van der Waals surface area contributed by atoms with Crippen LogP contribution in [0.25, 0.3) is 0 Å². The van der Waals surface area contributed by atoms with Crippen molar-refractivity contribution in [1.82, 2.24) is 4.90 Å². The van der Waals surface area contributed by atoms with Gasteiger partial charge in [-0.25, -0.2) is 13.2 Å². The van der Waals surface area contributed by atoms with Crippen molar-refractivity contribution in [2.45, 2.75) is 31.6 Å². The highest BCUT2D eigenvalue weighted by Gasteiger charge is 2.17. The van der Waals surface area contributed by atoms with E-state index in [4.69, 9.17) is 5.11 Å². The Morgan fingerprint density at radius 1 is 1.24 bits per heavy atom. The summed E-state index contributed by atoms with van der Waals surface area (Å²) in [6.45, 7) is 6.27. The second kappa shape index (κ2) is 8.14. The van der Waals surface area contributed by atoms with Crippen molar-refractivity contribution in [3.63, 3.8) is 0 Å². The molecule has 6 heteroatoms. The van der Waals surface area contributed by atoms with Crippen molar-refractivity contribution in [3.8, 4) is 0 Å². The highest BCUT2D eigenvalue weighted by atomic mass is 32.2. The first kappa shape index (κ1) is 17.7. The molecular weight excluding hydrogens is 290 g/mol. The van der Waals surface area contributed by atoms with Crippen molar-refractivity contribution < 1.29 is 18.3 Å². The lowest BCUT2D eigenvalue weighted by Crippen LogP contribution is -2.30. The summed E-state index contributed by atoms with van der Waals surface area (Å²) in [5.41, 5.74) is -0.00518. The number of carbonyl (C=O) groups is 1. The fourth-order valence-electron chi connectivity index (χ4n) is 2.00. The molecule has 0 bridgehead atoms. The maximum atomic E-state index is 12.3. The Morgan fingerprint density at radius 2 is 1.95 bits per heavy atom. The van der Waals surface area contributed by atoms with Gasteiger partial charge in [-0.3, -0.25) is 0 Å². The molecule has 0 saturated heterocycles. The number of rotatable bonds is 9. The predicted octanol–water partition coefficient (Wildman–Crippen LogP) is 2.28. The molecule has 0 aliphatic heterocycles. The summed E-state index contributed by atoms with van der Waals surface area (Å²) >= 11 is 0. The third-order valence-electron chi connectivity index (χ3n) is 3.39. The van der Waals surface area contributed by atoms with Crippen molar-refractivity contribution in [2.24, 2.45) is 0 Å². The lowest BCUT2D eigenvalue weighted by Gasteiger charge is -2.19. The summed E-state index contributed by atoms with van der Waals surface area (Å²) in [5, 5.41) is 8.93. The molecular formula is C15H23NO4S. The maximum absolute atomic E-state index is 12.3. The van der Waals surface area contributed by atoms with Gasteiger partial charge in [0.25, 0.3) is 0 Å². The minimum absolute atomic E-state index is 0.00518. The van der Waals surface area contributed by atoms with Crippen molar-refractivity contribution in [2.75, 3.05) is 25.4 Å². The van der Waals surface area contributed by atoms with E-state index in [1.807, 2.05) is 6.92 Å². The number of benzene rings is 1. The van der Waals surface area contributed by atoms with Gasteiger partial charge in [0.15, 0.2) is 9.84 Å². The molecule has 0 unspecified atom stereocenters. The zero-order valence-corrected chi connectivity index (χ0v) is 13.4. The van der Waals surface area contributed by atoms with Gasteiger partial charge in [-0.1, -0.05) is 26.3 Å². The highest BCUT2D eigenvalue weighted by molar-refractivity contribution is 7.91. The Balaban J connectivity index is 2.77. The SMILES string of the molecule is CCCCN(CC)CCS(=O)(=O)c1cccc(C(=O)O)c1. The molecule has 1 aromatic rings. The second-order valence-corrected chi connectivity index (χ2v) is 7.05. The average Bonchev–Trinajstić information content (AvgIpc) is 2.47. The van der Waals surface area contributed by atoms with Crippen LogP contribution in [0, 0.1) is 0 Å². The number of hydrogen-bond donors (Lipinski definition) is 1. The number of hydrogen-bond acceptors (Lipinski definition) is 4. The minimum Gasteiger partial charge on any atom is -0.478 e. The number of nitrogens with zero attached hydrogens (tertiary/aromatic N) is 1. The van der Waals surface area contributed by atoms with Crippen molar-refractivity contribution in [1.29, 1.82) is 0 Å². The predicted molar refractivity (Wildman–Crippen MR) is 82.5 cm³/mol. The van der Waals surface area contributed by atoms with Gasteiger partial charge >= 0.3 is 5.97 Å². The molecule has 0 aromatic heterocycles. The highest BCUT2D eigenvalue weighted by Crippen LogP contribution is 2.14. The summed E-state index contributed by atoms with van der Waals surface area (Å²) in [5.74, 6) is -1.11. The van der Waals surface area contributed by atoms with E-state index in [0.717, 1.165) is 25.9 Å². The maximum Gasteiger partial charge on any atom is 0.335 e. The van der Waals surface area contributed by atoms with Crippen LogP contribution in [0.1, 0.15) is 37.0 Å². The quantitative estimate of drug-likeness (QED) is 0.757. The van der Waals surface area contributed by atoms with Crippen LogP contribution in [0.3, 0.4) is 0 Å². The summed E-state index contributed by atoms with van der Waals surface area (Å²) in [6.07, 6.45) is 2.12. The Labute approximate surface area is 126 Å². The lowest BCUT2D eigenvalue weighted by atomic mass is 10.2. The van der Waals surface area contributed by atoms with Crippen LogP contribution in [0.5, 0.6) is 0 Å². The molecule has 0 aliphatic rings. The van der Waals surface area contributed by atoms with Gasteiger partial charge < -0.3 is 10.0 Å². The molecule has 1 rings (SSSR count). The van der Waals surface area contributed by atoms with Crippen LogP contribution in [0.4, 0.5) is 0 Å². The summed E-state index contributed by atoms with van der Waals surface area (Å²) in [4.78, 5) is 13.1. The molecule has 1 N–H and O–H groups in total. The molecule has 0 aliphatic carbocycles. The first-order valence-corrected chi connectivity index (χ1v) is 8.84. The molecule has 0 heterocycles. The third kappa shape index (κ3) is 5.47. The van der Waals surface area contributed by atoms with Gasteiger partial charge in [0.05, 0.1) is 16.2 Å². The van der Waals surface area contributed by atoms with Crippen LogP contribution < -0.4 is 0 Å². The Hall–Kier alpha value is -1.40. The molecule has 0 spiro atoms. The smallest absolute Gasteiger partial charge is 0.335 e. The largest absolute Gasteiger partial charge is 0.478 e. The van der Waals surface area contributed by atoms with E-state index in [-0.39, 0.29) is 16.2 Å². The summed E-state index contributed by atoms with van der Waals surface area (Å²) < 4.78 is 24.6. The van der Waals surface area contributed by atoms with Gasteiger partial charge in [0.1, 0.15) is 0 Å². The number of carboxylic acids is 1. The molecule has 5 nitrogen and oxygen atoms in total. The normalized spacial score (nSPS) is 11.8. The Morgan fingerprint density at radius 3 is 2.52 bits per heavy atom. The lowest BCUT2D eigenvalue weighted by molar-refractivity contribution is 0.0696. The van der Waals surface area contributed by atoms with E-state index in [1.54, 1.807) is 0 Å². The van der Waals surface area contributed by atoms with E-state index < -0.39 is 15.8 Å². The zero-order chi connectivity index (χ0) is 15.9. The van der Waals surface area contributed by atoms with Crippen LogP contribution in [0.15, 0.2) is 29.2 Å². The van der Waals surface area contributed by atoms with E-state index >= 15 is 0 Å². The molecule has 1 aromatic carbocycles. The van der Waals surface area contributed by atoms with Gasteiger partial charge in [-0.15, -0.1) is 0 Å². The number of sulfone groups is 1. The van der Waals surface area contributed by atoms with Gasteiger partial charge in [-0.2, -0.15) is 0 Å². The Bertz CT molecular complexity index is 569. The van der Waals surface area contributed by atoms with Crippen LogP contribution in [-0.4, -0.2) is 49.8 Å². The van der Waals surface area contributed by atoms with Gasteiger partial charge in [0, 0.05) is 6.54 Å². The molecule has 0 radical (unpaired) electrons. The van der Waals surface area contributed by atoms with E-state index in [2.05, 4.69) is 11.8 Å². The second-order valence-electron chi connectivity index (χ2n) is 4.94. The van der Waals surface area contributed by atoms with E-state index in [0.29, 0.717) is 6.54 Å². The first-order valence-electron chi connectivity index (χ1n) is 7.19. The topological polar surface area (TPSA) is 74.7 Å². The molecule has 0 saturated carbocycles. The summed E-state index contributed by atoms with van der Waals surface area (Å²) in [7, 11) is -3.45. The monoisotopic (exact) mass is 313 g/mol. The van der Waals surface area contributed by atoms with Gasteiger partial charge in [0.2, 0.25) is 0 Å². The summed E-state index contributed by atoms with van der Waals surface area (Å²) in [6, 6.07) is 5.52. The van der Waals surface area contributed by atoms with Crippen LogP contribution in [-0.2, 0) is 9.84 Å². The fourth-order valence-corrected chi connectivity index (χ4v) is 3.33. The van der Waals surface area contributed by atoms with Crippen LogP contribution >= 0.6 is 0 Å². The molecule has 0 fully saturated rings. The average molecular weight is 313 g/mol. The third-order valence-corrected chi connectivity index (χ3v) is 5.08. The fraction of sp³-hybridized carbons (Fsp3) is 0.533. The Kier molecular flexibility index (Phi) is 6.84. The zero-order valence-electron chi connectivity index (χ0n) is 12.6. The molecule has 21 heavy (non-hydrogen) atoms. The van der Waals surface area contributed by atoms with Gasteiger partial charge in [-0.05, 0) is 37.7 Å². The number of aromatic carboxylic acids is 1. The number of unbranched alkanes of at least 4 members (excludes halogenated alkanes) is 1.